The van der Waals surface area contributed by atoms with Crippen molar-refractivity contribution in [1.82, 2.24) is 4.90 Å². The quantitative estimate of drug-likeness (QED) is 0.623. The summed E-state index contributed by atoms with van der Waals surface area (Å²) in [4.78, 5) is 13.3. The molecule has 0 spiro atoms. The van der Waals surface area contributed by atoms with Gasteiger partial charge in [0.2, 0.25) is 0 Å². The molecule has 3 heteroatoms. The fourth-order valence-electron chi connectivity index (χ4n) is 2.39. The second kappa shape index (κ2) is 3.56. The highest BCUT2D eigenvalue weighted by Gasteiger charge is 2.35. The number of ether oxygens (including phenoxy) is 1. The van der Waals surface area contributed by atoms with Gasteiger partial charge in [-0.25, -0.2) is 4.79 Å². The van der Waals surface area contributed by atoms with E-state index >= 15 is 0 Å². The van der Waals surface area contributed by atoms with Gasteiger partial charge in [-0.2, -0.15) is 0 Å². The molecule has 1 saturated carbocycles. The number of carbonyl (C=O) groups is 1. The first-order chi connectivity index (χ1) is 6.29. The van der Waals surface area contributed by atoms with Gasteiger partial charge in [-0.3, -0.25) is 4.90 Å². The van der Waals surface area contributed by atoms with E-state index < -0.39 is 0 Å². The average Bonchev–Trinajstić information content (AvgIpc) is 2.48. The van der Waals surface area contributed by atoms with Gasteiger partial charge in [-0.1, -0.05) is 19.3 Å². The summed E-state index contributed by atoms with van der Waals surface area (Å²) in [5.41, 5.74) is 0. The Morgan fingerprint density at radius 2 is 2.00 bits per heavy atom. The number of rotatable bonds is 1. The van der Waals surface area contributed by atoms with Crippen molar-refractivity contribution in [2.24, 2.45) is 0 Å². The smallest absolute Gasteiger partial charge is 0.410 e. The van der Waals surface area contributed by atoms with Gasteiger partial charge in [0.25, 0.3) is 0 Å². The molecule has 1 unspecified atom stereocenters. The van der Waals surface area contributed by atoms with Crippen molar-refractivity contribution >= 4 is 6.09 Å². The molecule has 3 nitrogen and oxygen atoms in total. The second-order valence-corrected chi connectivity index (χ2v) is 4.13. The Labute approximate surface area is 79.0 Å². The van der Waals surface area contributed by atoms with E-state index in [0.717, 1.165) is 0 Å². The summed E-state index contributed by atoms with van der Waals surface area (Å²) >= 11 is 0. The molecular weight excluding hydrogens is 166 g/mol. The van der Waals surface area contributed by atoms with Crippen LogP contribution < -0.4 is 0 Å². The minimum Gasteiger partial charge on any atom is -0.447 e. The molecule has 1 saturated heterocycles. The lowest BCUT2D eigenvalue weighted by Gasteiger charge is -2.31. The highest BCUT2D eigenvalue weighted by molar-refractivity contribution is 5.70. The van der Waals surface area contributed by atoms with E-state index in [-0.39, 0.29) is 12.1 Å². The number of amides is 1. The van der Waals surface area contributed by atoms with Crippen molar-refractivity contribution < 1.29 is 9.53 Å². The van der Waals surface area contributed by atoms with E-state index in [1.54, 1.807) is 0 Å². The van der Waals surface area contributed by atoms with E-state index in [9.17, 15) is 4.79 Å². The van der Waals surface area contributed by atoms with Crippen molar-refractivity contribution in [3.8, 4) is 0 Å². The maximum atomic E-state index is 11.4. The van der Waals surface area contributed by atoms with Gasteiger partial charge >= 0.3 is 6.09 Å². The second-order valence-electron chi connectivity index (χ2n) is 4.13. The number of hydrogen-bond acceptors (Lipinski definition) is 2. The summed E-state index contributed by atoms with van der Waals surface area (Å²) in [7, 11) is 0. The molecule has 1 amide bonds. The Hall–Kier alpha value is -0.730. The lowest BCUT2D eigenvalue weighted by atomic mass is 9.94. The molecule has 0 bridgehead atoms. The molecule has 0 aromatic heterocycles. The lowest BCUT2D eigenvalue weighted by Crippen LogP contribution is -2.41. The van der Waals surface area contributed by atoms with Crippen LogP contribution in [0.15, 0.2) is 0 Å². The third-order valence-corrected chi connectivity index (χ3v) is 3.10. The van der Waals surface area contributed by atoms with E-state index in [0.29, 0.717) is 12.6 Å². The van der Waals surface area contributed by atoms with Crippen LogP contribution in [-0.4, -0.2) is 29.7 Å². The monoisotopic (exact) mass is 183 g/mol. The maximum Gasteiger partial charge on any atom is 0.410 e. The van der Waals surface area contributed by atoms with E-state index in [1.807, 2.05) is 4.90 Å². The molecule has 0 N–H and O–H groups in total. The zero-order chi connectivity index (χ0) is 9.26. The first-order valence-electron chi connectivity index (χ1n) is 5.24. The zero-order valence-corrected chi connectivity index (χ0v) is 8.16. The SMILES string of the molecule is CC1COC(=O)N1C1CCCCC1. The lowest BCUT2D eigenvalue weighted by molar-refractivity contribution is 0.133. The first kappa shape index (κ1) is 8.85. The summed E-state index contributed by atoms with van der Waals surface area (Å²) < 4.78 is 5.02. The van der Waals surface area contributed by atoms with Crippen LogP contribution in [0, 0.1) is 0 Å². The van der Waals surface area contributed by atoms with Crippen molar-refractivity contribution in [3.63, 3.8) is 0 Å². The third kappa shape index (κ3) is 1.64. The van der Waals surface area contributed by atoms with E-state index in [4.69, 9.17) is 4.74 Å². The number of carbonyl (C=O) groups excluding carboxylic acids is 1. The van der Waals surface area contributed by atoms with Crippen LogP contribution >= 0.6 is 0 Å². The molecule has 1 heterocycles. The minimum atomic E-state index is -0.0978. The average molecular weight is 183 g/mol. The fraction of sp³-hybridized carbons (Fsp3) is 0.900. The third-order valence-electron chi connectivity index (χ3n) is 3.10. The molecule has 2 aliphatic rings. The van der Waals surface area contributed by atoms with Crippen LogP contribution in [0.5, 0.6) is 0 Å². The van der Waals surface area contributed by atoms with E-state index in [2.05, 4.69) is 6.92 Å². The summed E-state index contributed by atoms with van der Waals surface area (Å²) in [5.74, 6) is 0. The molecule has 0 radical (unpaired) electrons. The summed E-state index contributed by atoms with van der Waals surface area (Å²) in [5, 5.41) is 0. The van der Waals surface area contributed by atoms with Crippen LogP contribution in [-0.2, 0) is 4.74 Å². The maximum absolute atomic E-state index is 11.4. The van der Waals surface area contributed by atoms with E-state index in [1.165, 1.54) is 32.1 Å². The Kier molecular flexibility index (Phi) is 2.42. The Balaban J connectivity index is 2.00. The van der Waals surface area contributed by atoms with Crippen LogP contribution in [0.2, 0.25) is 0 Å². The molecule has 0 aromatic carbocycles. The standard InChI is InChI=1S/C10H17NO2/c1-8-7-13-10(12)11(8)9-5-3-2-4-6-9/h8-9H,2-7H2,1H3. The highest BCUT2D eigenvalue weighted by Crippen LogP contribution is 2.27. The molecular formula is C10H17NO2. The van der Waals surface area contributed by atoms with Crippen LogP contribution in [0.3, 0.4) is 0 Å². The zero-order valence-electron chi connectivity index (χ0n) is 8.16. The summed E-state index contributed by atoms with van der Waals surface area (Å²) in [6.45, 7) is 2.65. The Morgan fingerprint density at radius 1 is 1.31 bits per heavy atom. The molecule has 13 heavy (non-hydrogen) atoms. The summed E-state index contributed by atoms with van der Waals surface area (Å²) in [6, 6.07) is 0.745. The molecule has 1 atom stereocenters. The highest BCUT2D eigenvalue weighted by atomic mass is 16.6. The number of nitrogens with zero attached hydrogens (tertiary/aromatic N) is 1. The Bertz CT molecular complexity index is 199. The van der Waals surface area contributed by atoms with Gasteiger partial charge in [0.05, 0.1) is 6.04 Å². The van der Waals surface area contributed by atoms with Gasteiger partial charge in [0, 0.05) is 6.04 Å². The minimum absolute atomic E-state index is 0.0978. The van der Waals surface area contributed by atoms with Gasteiger partial charge < -0.3 is 4.74 Å². The van der Waals surface area contributed by atoms with Crippen molar-refractivity contribution in [2.75, 3.05) is 6.61 Å². The molecule has 2 rings (SSSR count). The fourth-order valence-corrected chi connectivity index (χ4v) is 2.39. The van der Waals surface area contributed by atoms with Gasteiger partial charge in [0.1, 0.15) is 6.61 Å². The topological polar surface area (TPSA) is 29.5 Å². The molecule has 1 aliphatic carbocycles. The molecule has 0 aromatic rings. The van der Waals surface area contributed by atoms with Crippen LogP contribution in [0.25, 0.3) is 0 Å². The van der Waals surface area contributed by atoms with Gasteiger partial charge in [0.15, 0.2) is 0 Å². The normalized spacial score (nSPS) is 30.7. The molecule has 1 aliphatic heterocycles. The first-order valence-corrected chi connectivity index (χ1v) is 5.24. The molecule has 2 fully saturated rings. The van der Waals surface area contributed by atoms with Crippen molar-refractivity contribution in [1.29, 1.82) is 0 Å². The van der Waals surface area contributed by atoms with Crippen LogP contribution in [0.4, 0.5) is 4.79 Å². The number of cyclic esters (lactones) is 1. The predicted molar refractivity (Wildman–Crippen MR) is 49.5 cm³/mol. The number of hydrogen-bond donors (Lipinski definition) is 0. The van der Waals surface area contributed by atoms with Crippen LogP contribution in [0.1, 0.15) is 39.0 Å². The summed E-state index contributed by atoms with van der Waals surface area (Å²) in [6.07, 6.45) is 6.09. The predicted octanol–water partition coefficient (Wildman–Crippen LogP) is 2.16. The van der Waals surface area contributed by atoms with Crippen molar-refractivity contribution in [3.05, 3.63) is 0 Å². The van der Waals surface area contributed by atoms with Gasteiger partial charge in [-0.15, -0.1) is 0 Å². The van der Waals surface area contributed by atoms with Crippen molar-refractivity contribution in [2.45, 2.75) is 51.1 Å². The Morgan fingerprint density at radius 3 is 2.54 bits per heavy atom. The molecule has 74 valence electrons. The largest absolute Gasteiger partial charge is 0.447 e. The van der Waals surface area contributed by atoms with Gasteiger partial charge in [-0.05, 0) is 19.8 Å².